The van der Waals surface area contributed by atoms with Crippen LogP contribution in [-0.4, -0.2) is 15.0 Å². The molecule has 4 aromatic heterocycles. The summed E-state index contributed by atoms with van der Waals surface area (Å²) in [6.45, 7) is 4.63. The van der Waals surface area contributed by atoms with Crippen LogP contribution in [0.25, 0.3) is 122 Å². The van der Waals surface area contributed by atoms with Crippen LogP contribution >= 0.6 is 0 Å². The van der Waals surface area contributed by atoms with Crippen LogP contribution in [-0.2, 0) is 5.41 Å². The molecular formula is C54H33N3O3. The van der Waals surface area contributed by atoms with Gasteiger partial charge in [0.05, 0.1) is 0 Å². The summed E-state index contributed by atoms with van der Waals surface area (Å²) in [5.41, 5.74) is 14.9. The number of nitrogens with zero attached hydrogens (tertiary/aromatic N) is 3. The highest BCUT2D eigenvalue weighted by Gasteiger charge is 2.35. The third-order valence-electron chi connectivity index (χ3n) is 12.6. The summed E-state index contributed by atoms with van der Waals surface area (Å²) < 4.78 is 19.1. The molecule has 4 heterocycles. The maximum atomic E-state index is 6.56. The van der Waals surface area contributed by atoms with Crippen LogP contribution in [0.3, 0.4) is 0 Å². The minimum atomic E-state index is -0.0549. The van der Waals surface area contributed by atoms with Crippen molar-refractivity contribution in [2.24, 2.45) is 0 Å². The molecule has 282 valence electrons. The van der Waals surface area contributed by atoms with Gasteiger partial charge in [0.15, 0.2) is 17.5 Å². The minimum Gasteiger partial charge on any atom is -0.456 e. The lowest BCUT2D eigenvalue weighted by atomic mass is 9.82. The monoisotopic (exact) mass is 771 g/mol. The Morgan fingerprint density at radius 3 is 1.58 bits per heavy atom. The van der Waals surface area contributed by atoms with Crippen LogP contribution in [0, 0.1) is 0 Å². The van der Waals surface area contributed by atoms with E-state index in [2.05, 4.69) is 105 Å². The third kappa shape index (κ3) is 4.73. The molecule has 1 aliphatic carbocycles. The van der Waals surface area contributed by atoms with Gasteiger partial charge in [0.25, 0.3) is 0 Å². The van der Waals surface area contributed by atoms with Gasteiger partial charge >= 0.3 is 0 Å². The number of para-hydroxylation sites is 2. The highest BCUT2D eigenvalue weighted by molar-refractivity contribution is 6.14. The van der Waals surface area contributed by atoms with Crippen LogP contribution in [0.5, 0.6) is 0 Å². The van der Waals surface area contributed by atoms with Crippen molar-refractivity contribution in [3.05, 3.63) is 175 Å². The van der Waals surface area contributed by atoms with Crippen LogP contribution in [0.2, 0.25) is 0 Å². The van der Waals surface area contributed by atoms with Crippen molar-refractivity contribution in [2.45, 2.75) is 19.3 Å². The van der Waals surface area contributed by atoms with Crippen molar-refractivity contribution in [3.63, 3.8) is 0 Å². The fourth-order valence-electron chi connectivity index (χ4n) is 9.66. The Balaban J connectivity index is 1.03. The van der Waals surface area contributed by atoms with Gasteiger partial charge in [-0.1, -0.05) is 117 Å². The first-order valence-corrected chi connectivity index (χ1v) is 20.3. The third-order valence-corrected chi connectivity index (χ3v) is 12.6. The Bertz CT molecular complexity index is 3770. The number of benzene rings is 8. The standard InChI is InChI=1S/C54H33N3O3/c1-54(2)41-16-6-3-11-33(41)38-27-30(21-24-42(38)54)31-22-25-46-40(28-31)50-37(15-10-20-48(50)60-46)53-56-51(32-23-26-45-39(29-32)34-12-4-7-17-43(34)58-45)55-52(57-53)36-14-9-19-47-49(36)35-13-5-8-18-44(35)59-47/h3-29H,1-2H3. The molecule has 6 nitrogen and oxygen atoms in total. The van der Waals surface area contributed by atoms with Crippen molar-refractivity contribution < 1.29 is 13.3 Å². The van der Waals surface area contributed by atoms with E-state index in [0.717, 1.165) is 93.6 Å². The average molecular weight is 772 g/mol. The maximum Gasteiger partial charge on any atom is 0.164 e. The lowest BCUT2D eigenvalue weighted by Crippen LogP contribution is -2.14. The number of hydrogen-bond acceptors (Lipinski definition) is 6. The van der Waals surface area contributed by atoms with Crippen molar-refractivity contribution in [3.8, 4) is 56.4 Å². The zero-order chi connectivity index (χ0) is 39.7. The van der Waals surface area contributed by atoms with Crippen LogP contribution < -0.4 is 0 Å². The second-order valence-electron chi connectivity index (χ2n) is 16.3. The minimum absolute atomic E-state index is 0.0549. The van der Waals surface area contributed by atoms with Gasteiger partial charge in [-0.05, 0) is 94.0 Å². The molecule has 0 aliphatic heterocycles. The maximum absolute atomic E-state index is 6.56. The summed E-state index contributed by atoms with van der Waals surface area (Å²) in [6.07, 6.45) is 0. The molecule has 8 aromatic carbocycles. The first-order valence-electron chi connectivity index (χ1n) is 20.3. The average Bonchev–Trinajstić information content (AvgIpc) is 4.03. The zero-order valence-corrected chi connectivity index (χ0v) is 32.7. The summed E-state index contributed by atoms with van der Waals surface area (Å²) in [5, 5.41) is 5.96. The molecule has 60 heavy (non-hydrogen) atoms. The van der Waals surface area contributed by atoms with Crippen LogP contribution in [0.1, 0.15) is 25.0 Å². The molecule has 12 aromatic rings. The number of hydrogen-bond donors (Lipinski definition) is 0. The molecule has 0 bridgehead atoms. The number of furan rings is 3. The summed E-state index contributed by atoms with van der Waals surface area (Å²) >= 11 is 0. The van der Waals surface area contributed by atoms with Crippen molar-refractivity contribution in [1.29, 1.82) is 0 Å². The second-order valence-corrected chi connectivity index (χ2v) is 16.3. The Hall–Kier alpha value is -7.83. The van der Waals surface area contributed by atoms with Gasteiger partial charge in [-0.15, -0.1) is 0 Å². The molecule has 6 heteroatoms. The van der Waals surface area contributed by atoms with Crippen LogP contribution in [0.15, 0.2) is 177 Å². The molecule has 0 atom stereocenters. The molecular weight excluding hydrogens is 739 g/mol. The van der Waals surface area contributed by atoms with E-state index in [0.29, 0.717) is 17.5 Å². The van der Waals surface area contributed by atoms with E-state index in [1.54, 1.807) is 0 Å². The Kier molecular flexibility index (Phi) is 6.69. The molecule has 0 radical (unpaired) electrons. The second kappa shape index (κ2) is 12.1. The van der Waals surface area contributed by atoms with Gasteiger partial charge in [-0.3, -0.25) is 0 Å². The predicted molar refractivity (Wildman–Crippen MR) is 241 cm³/mol. The first kappa shape index (κ1) is 33.2. The normalized spacial score (nSPS) is 13.3. The smallest absolute Gasteiger partial charge is 0.164 e. The molecule has 0 saturated carbocycles. The molecule has 13 rings (SSSR count). The van der Waals surface area contributed by atoms with E-state index in [4.69, 9.17) is 28.2 Å². The summed E-state index contributed by atoms with van der Waals surface area (Å²) in [4.78, 5) is 15.8. The zero-order valence-electron chi connectivity index (χ0n) is 32.7. The predicted octanol–water partition coefficient (Wildman–Crippen LogP) is 14.5. The van der Waals surface area contributed by atoms with Gasteiger partial charge < -0.3 is 13.3 Å². The summed E-state index contributed by atoms with van der Waals surface area (Å²) in [6, 6.07) is 56.7. The van der Waals surface area contributed by atoms with E-state index in [-0.39, 0.29) is 5.41 Å². The molecule has 1 aliphatic rings. The molecule has 0 fully saturated rings. The van der Waals surface area contributed by atoms with Gasteiger partial charge in [0.2, 0.25) is 0 Å². The van der Waals surface area contributed by atoms with Crippen LogP contribution in [0.4, 0.5) is 0 Å². The highest BCUT2D eigenvalue weighted by Crippen LogP contribution is 2.50. The summed E-state index contributed by atoms with van der Waals surface area (Å²) in [5.74, 6) is 1.65. The van der Waals surface area contributed by atoms with E-state index < -0.39 is 0 Å². The molecule has 0 amide bonds. The Morgan fingerprint density at radius 2 is 0.817 bits per heavy atom. The van der Waals surface area contributed by atoms with E-state index >= 15 is 0 Å². The van der Waals surface area contributed by atoms with Gasteiger partial charge in [0, 0.05) is 54.4 Å². The molecule has 0 unspecified atom stereocenters. The fourth-order valence-corrected chi connectivity index (χ4v) is 9.66. The lowest BCUT2D eigenvalue weighted by Gasteiger charge is -2.21. The fraction of sp³-hybridized carbons (Fsp3) is 0.0556. The molecule has 0 N–H and O–H groups in total. The molecule has 0 saturated heterocycles. The first-order chi connectivity index (χ1) is 29.5. The number of fused-ring (bicyclic) bond motifs is 12. The van der Waals surface area contributed by atoms with Gasteiger partial charge in [-0.2, -0.15) is 0 Å². The topological polar surface area (TPSA) is 78.1 Å². The van der Waals surface area contributed by atoms with E-state index in [1.165, 1.54) is 22.3 Å². The largest absolute Gasteiger partial charge is 0.456 e. The lowest BCUT2D eigenvalue weighted by molar-refractivity contribution is 0.660. The quantitative estimate of drug-likeness (QED) is 0.177. The number of aromatic nitrogens is 3. The van der Waals surface area contributed by atoms with Crippen molar-refractivity contribution in [1.82, 2.24) is 15.0 Å². The van der Waals surface area contributed by atoms with E-state index in [1.807, 2.05) is 72.8 Å². The number of rotatable bonds is 4. The van der Waals surface area contributed by atoms with E-state index in [9.17, 15) is 0 Å². The van der Waals surface area contributed by atoms with Crippen molar-refractivity contribution in [2.75, 3.05) is 0 Å². The van der Waals surface area contributed by atoms with Gasteiger partial charge in [-0.25, -0.2) is 15.0 Å². The van der Waals surface area contributed by atoms with Gasteiger partial charge in [0.1, 0.15) is 33.5 Å². The summed E-state index contributed by atoms with van der Waals surface area (Å²) in [7, 11) is 0. The van der Waals surface area contributed by atoms with Crippen molar-refractivity contribution >= 4 is 65.8 Å². The Morgan fingerprint density at radius 1 is 0.333 bits per heavy atom. The molecule has 0 spiro atoms. The highest BCUT2D eigenvalue weighted by atomic mass is 16.3. The Labute approximate surface area is 343 Å². The SMILES string of the molecule is CC1(C)c2ccccc2-c2cc(-c3ccc4oc5cccc(-c6nc(-c7ccc8oc9ccccc9c8c7)nc(-c7cccc8oc9ccccc9c78)n6)c5c4c3)ccc21.